The Balaban J connectivity index is 1.55. The van der Waals surface area contributed by atoms with E-state index in [9.17, 15) is 44.6 Å². The third-order valence-electron chi connectivity index (χ3n) is 10.0. The molecule has 57 heavy (non-hydrogen) atoms. The molecule has 1 aromatic carbocycles. The van der Waals surface area contributed by atoms with Crippen molar-refractivity contribution >= 4 is 35.5 Å². The molecule has 1 saturated heterocycles. The van der Waals surface area contributed by atoms with Crippen molar-refractivity contribution < 1.29 is 54.1 Å². The smallest absolute Gasteiger partial charge is 0.328 e. The number of esters is 1. The number of para-hydroxylation sites is 1. The standard InChI is InChI=1S/C41H63N5O11/c1-4-5-6-7-8-9-10-11-12-13-14-24-35(49)45(54)25-17-16-22-32(39(52)57-29(2)27-34(48)42-31-21-15-18-26-46(55)38(31)51)43-40(53)41(3)28-56-37(44-41)30-20-19-23-33(47)36(30)50/h11-12,19-20,23,29,31-32,47,50,54-55H,4-10,13-18,21-22,24-28H2,1-3H3,(H,42,48)(H,43,53)/b12-11+/t29-,31+,32-,41+/m0/s1. The van der Waals surface area contributed by atoms with E-state index >= 15 is 0 Å². The van der Waals surface area contributed by atoms with Crippen molar-refractivity contribution in [2.45, 2.75) is 154 Å². The number of aliphatic imine (C=N–C) groups is 1. The molecule has 2 aliphatic heterocycles. The van der Waals surface area contributed by atoms with Crippen LogP contribution in [0.5, 0.6) is 11.5 Å². The molecule has 2 aliphatic rings. The SMILES string of the molecule is CCCCCCCC/C=C/CCCC(=O)N(O)CCCC[C@H](NC(=O)[C@@]1(C)COC(c2cccc(O)c2O)=N1)C(=O)O[C@@H](C)CC(=O)N[C@@H]1CCCCN(O)C1=O. The summed E-state index contributed by atoms with van der Waals surface area (Å²) >= 11 is 0. The maximum absolute atomic E-state index is 13.6. The van der Waals surface area contributed by atoms with Crippen molar-refractivity contribution in [3.05, 3.63) is 35.9 Å². The molecule has 4 atom stereocenters. The number of nitrogens with one attached hydrogen (secondary N) is 2. The third kappa shape index (κ3) is 15.6. The summed E-state index contributed by atoms with van der Waals surface area (Å²) in [6.45, 7) is 5.13. The Bertz CT molecular complexity index is 1550. The fourth-order valence-corrected chi connectivity index (χ4v) is 6.53. The monoisotopic (exact) mass is 801 g/mol. The maximum atomic E-state index is 13.6. The van der Waals surface area contributed by atoms with Gasteiger partial charge in [-0.2, -0.15) is 0 Å². The van der Waals surface area contributed by atoms with E-state index in [0.29, 0.717) is 48.7 Å². The fraction of sp³-hybridized carbons (Fsp3) is 0.659. The molecule has 0 aliphatic carbocycles. The first-order valence-corrected chi connectivity index (χ1v) is 20.4. The summed E-state index contributed by atoms with van der Waals surface area (Å²) in [7, 11) is 0. The molecular weight excluding hydrogens is 738 g/mol. The van der Waals surface area contributed by atoms with Gasteiger partial charge in [0, 0.05) is 19.5 Å². The van der Waals surface area contributed by atoms with Crippen molar-refractivity contribution in [2.75, 3.05) is 19.7 Å². The number of aromatic hydroxyl groups is 2. The number of ether oxygens (including phenoxy) is 2. The summed E-state index contributed by atoms with van der Waals surface area (Å²) in [4.78, 5) is 69.2. The Kier molecular flexibility index (Phi) is 19.8. The number of carbonyl (C=O) groups is 5. The van der Waals surface area contributed by atoms with E-state index in [1.165, 1.54) is 64.2 Å². The van der Waals surface area contributed by atoms with Crippen LogP contribution in [0.25, 0.3) is 0 Å². The first kappa shape index (κ1) is 46.7. The molecule has 0 spiro atoms. The molecular formula is C41H63N5O11. The van der Waals surface area contributed by atoms with Gasteiger partial charge in [0.25, 0.3) is 11.8 Å². The number of amides is 4. The molecule has 1 fully saturated rings. The molecule has 1 aromatic rings. The molecule has 0 aromatic heterocycles. The minimum absolute atomic E-state index is 0.0107. The molecule has 16 nitrogen and oxygen atoms in total. The number of carbonyl (C=O) groups excluding carboxylic acids is 5. The number of hydrogen-bond acceptors (Lipinski definition) is 12. The summed E-state index contributed by atoms with van der Waals surface area (Å²) in [5.41, 5.74) is -1.45. The number of rotatable bonds is 24. The highest BCUT2D eigenvalue weighted by molar-refractivity contribution is 6.02. The molecule has 6 N–H and O–H groups in total. The van der Waals surface area contributed by atoms with Gasteiger partial charge in [-0.05, 0) is 90.2 Å². The Labute approximate surface area is 335 Å². The first-order chi connectivity index (χ1) is 27.2. The summed E-state index contributed by atoms with van der Waals surface area (Å²) in [5, 5.41) is 47.0. The number of hydrogen-bond donors (Lipinski definition) is 6. The zero-order chi connectivity index (χ0) is 41.8. The number of phenolic OH excluding ortho intramolecular Hbond substituents is 2. The summed E-state index contributed by atoms with van der Waals surface area (Å²) < 4.78 is 11.2. The Morgan fingerprint density at radius 3 is 2.53 bits per heavy atom. The average molecular weight is 802 g/mol. The summed E-state index contributed by atoms with van der Waals surface area (Å²) in [6, 6.07) is 2.10. The first-order valence-electron chi connectivity index (χ1n) is 20.4. The van der Waals surface area contributed by atoms with Crippen molar-refractivity contribution in [3.63, 3.8) is 0 Å². The normalized spacial score (nSPS) is 19.3. The van der Waals surface area contributed by atoms with Gasteiger partial charge in [0.1, 0.15) is 24.8 Å². The Morgan fingerprint density at radius 2 is 1.77 bits per heavy atom. The van der Waals surface area contributed by atoms with Crippen LogP contribution in [0.4, 0.5) is 0 Å². The molecule has 2 heterocycles. The van der Waals surface area contributed by atoms with Crippen LogP contribution in [0, 0.1) is 0 Å². The zero-order valence-electron chi connectivity index (χ0n) is 33.7. The van der Waals surface area contributed by atoms with Gasteiger partial charge in [0.2, 0.25) is 17.7 Å². The van der Waals surface area contributed by atoms with E-state index in [4.69, 9.17) is 9.47 Å². The van der Waals surface area contributed by atoms with Gasteiger partial charge in [-0.25, -0.2) is 19.9 Å². The highest BCUT2D eigenvalue weighted by Crippen LogP contribution is 2.32. The Hall–Kier alpha value is -4.70. The minimum Gasteiger partial charge on any atom is -0.504 e. The van der Waals surface area contributed by atoms with Gasteiger partial charge in [-0.15, -0.1) is 0 Å². The lowest BCUT2D eigenvalue weighted by molar-refractivity contribution is -0.167. The van der Waals surface area contributed by atoms with Crippen molar-refractivity contribution in [3.8, 4) is 11.5 Å². The second-order valence-corrected chi connectivity index (χ2v) is 15.1. The number of benzene rings is 1. The molecule has 4 amide bonds. The molecule has 0 radical (unpaired) electrons. The number of nitrogens with zero attached hydrogens (tertiary/aromatic N) is 3. The van der Waals surface area contributed by atoms with Crippen LogP contribution in [0.1, 0.15) is 135 Å². The van der Waals surface area contributed by atoms with Gasteiger partial charge < -0.3 is 30.3 Å². The van der Waals surface area contributed by atoms with E-state index in [0.717, 1.165) is 19.3 Å². The van der Waals surface area contributed by atoms with Crippen molar-refractivity contribution in [1.29, 1.82) is 0 Å². The van der Waals surface area contributed by atoms with Crippen LogP contribution in [0.15, 0.2) is 35.3 Å². The van der Waals surface area contributed by atoms with Crippen LogP contribution in [-0.4, -0.2) is 110 Å². The van der Waals surface area contributed by atoms with Gasteiger partial charge in [-0.3, -0.25) is 29.6 Å². The molecule has 318 valence electrons. The lowest BCUT2D eigenvalue weighted by Gasteiger charge is -2.25. The fourth-order valence-electron chi connectivity index (χ4n) is 6.53. The largest absolute Gasteiger partial charge is 0.504 e. The van der Waals surface area contributed by atoms with Gasteiger partial charge in [0.15, 0.2) is 17.0 Å². The molecule has 3 rings (SSSR count). The second kappa shape index (κ2) is 24.2. The number of unbranched alkanes of at least 4 members (excludes halogenated alkanes) is 8. The summed E-state index contributed by atoms with van der Waals surface area (Å²) in [5.74, 6) is -4.05. The minimum atomic E-state index is -1.53. The molecule has 16 heteroatoms. The van der Waals surface area contributed by atoms with E-state index in [2.05, 4.69) is 34.7 Å². The van der Waals surface area contributed by atoms with Gasteiger partial charge in [0.05, 0.1) is 12.0 Å². The van der Waals surface area contributed by atoms with Crippen LogP contribution in [0.2, 0.25) is 0 Å². The predicted octanol–water partition coefficient (Wildman–Crippen LogP) is 5.19. The maximum Gasteiger partial charge on any atom is 0.328 e. The zero-order valence-corrected chi connectivity index (χ0v) is 33.7. The van der Waals surface area contributed by atoms with Crippen LogP contribution < -0.4 is 10.6 Å². The lowest BCUT2D eigenvalue weighted by atomic mass is 10.0. The highest BCUT2D eigenvalue weighted by Gasteiger charge is 2.42. The van der Waals surface area contributed by atoms with Crippen LogP contribution in [-0.2, 0) is 33.4 Å². The van der Waals surface area contributed by atoms with Crippen LogP contribution >= 0.6 is 0 Å². The number of phenols is 2. The summed E-state index contributed by atoms with van der Waals surface area (Å²) in [6.07, 6.45) is 15.2. The van der Waals surface area contributed by atoms with E-state index < -0.39 is 64.8 Å². The predicted molar refractivity (Wildman–Crippen MR) is 210 cm³/mol. The van der Waals surface area contributed by atoms with E-state index in [1.54, 1.807) is 0 Å². The topological polar surface area (TPSA) is 228 Å². The Morgan fingerprint density at radius 1 is 1.05 bits per heavy atom. The number of hydroxylamine groups is 4. The third-order valence-corrected chi connectivity index (χ3v) is 10.0. The molecule has 0 unspecified atom stereocenters. The van der Waals surface area contributed by atoms with Crippen molar-refractivity contribution in [1.82, 2.24) is 20.8 Å². The number of allylic oxidation sites excluding steroid dienone is 2. The van der Waals surface area contributed by atoms with E-state index in [-0.39, 0.29) is 50.4 Å². The molecule has 0 bridgehead atoms. The highest BCUT2D eigenvalue weighted by atomic mass is 16.5. The second-order valence-electron chi connectivity index (χ2n) is 15.1. The average Bonchev–Trinajstić information content (AvgIpc) is 3.51. The quantitative estimate of drug-likeness (QED) is 0.0199. The van der Waals surface area contributed by atoms with Gasteiger partial charge in [-0.1, -0.05) is 57.2 Å². The van der Waals surface area contributed by atoms with E-state index in [1.807, 2.05) is 0 Å². The molecule has 0 saturated carbocycles. The van der Waals surface area contributed by atoms with Gasteiger partial charge >= 0.3 is 5.97 Å². The van der Waals surface area contributed by atoms with Crippen molar-refractivity contribution in [2.24, 2.45) is 4.99 Å². The van der Waals surface area contributed by atoms with Crippen LogP contribution in [0.3, 0.4) is 0 Å². The lowest BCUT2D eigenvalue weighted by Crippen LogP contribution is -2.52.